The number of phenols is 1. The number of ketones is 2. The van der Waals surface area contributed by atoms with E-state index in [1.165, 1.54) is 18.2 Å². The van der Waals surface area contributed by atoms with Crippen molar-refractivity contribution in [3.05, 3.63) is 70.4 Å². The number of rotatable bonds is 2. The topological polar surface area (TPSA) is 66.4 Å². The van der Waals surface area contributed by atoms with Crippen LogP contribution in [0, 0.1) is 0 Å². The molecule has 0 saturated heterocycles. The van der Waals surface area contributed by atoms with E-state index < -0.39 is 11.6 Å². The van der Waals surface area contributed by atoms with Gasteiger partial charge in [0.05, 0.1) is 5.56 Å². The first-order chi connectivity index (χ1) is 10.1. The Morgan fingerprint density at radius 2 is 1.62 bits per heavy atom. The minimum absolute atomic E-state index is 0.0228. The van der Waals surface area contributed by atoms with Crippen molar-refractivity contribution in [2.45, 2.75) is 0 Å². The quantitative estimate of drug-likeness (QED) is 0.892. The van der Waals surface area contributed by atoms with Gasteiger partial charge in [-0.15, -0.1) is 0 Å². The third-order valence-corrected chi connectivity index (χ3v) is 3.56. The monoisotopic (exact) mass is 299 g/mol. The lowest BCUT2D eigenvalue weighted by Crippen LogP contribution is -2.24. The maximum absolute atomic E-state index is 12.5. The van der Waals surface area contributed by atoms with Gasteiger partial charge in [0, 0.05) is 11.3 Å². The number of allylic oxidation sites excluding steroid dienone is 2. The summed E-state index contributed by atoms with van der Waals surface area (Å²) in [5, 5.41) is 12.5. The van der Waals surface area contributed by atoms with Crippen molar-refractivity contribution >= 4 is 28.9 Å². The fraction of sp³-hybridized carbons (Fsp3) is 0. The number of nitrogens with one attached hydrogen (secondary N) is 1. The molecule has 0 atom stereocenters. The highest BCUT2D eigenvalue weighted by atomic mass is 35.5. The Morgan fingerprint density at radius 1 is 0.905 bits per heavy atom. The van der Waals surface area contributed by atoms with Crippen molar-refractivity contribution in [1.82, 2.24) is 0 Å². The van der Waals surface area contributed by atoms with Crippen LogP contribution in [0.4, 0.5) is 5.69 Å². The lowest BCUT2D eigenvalue weighted by atomic mass is 9.91. The van der Waals surface area contributed by atoms with Gasteiger partial charge in [-0.2, -0.15) is 0 Å². The average molecular weight is 300 g/mol. The molecule has 2 aromatic rings. The van der Waals surface area contributed by atoms with E-state index in [2.05, 4.69) is 5.32 Å². The Morgan fingerprint density at radius 3 is 2.33 bits per heavy atom. The number of aromatic hydroxyl groups is 1. The van der Waals surface area contributed by atoms with Crippen LogP contribution in [0.25, 0.3) is 0 Å². The van der Waals surface area contributed by atoms with Crippen LogP contribution in [0.5, 0.6) is 5.75 Å². The Balaban J connectivity index is 2.10. The number of hydrogen-bond donors (Lipinski definition) is 2. The van der Waals surface area contributed by atoms with Gasteiger partial charge in [0.15, 0.2) is 0 Å². The second kappa shape index (κ2) is 5.07. The van der Waals surface area contributed by atoms with Crippen molar-refractivity contribution in [3.8, 4) is 5.75 Å². The Bertz CT molecular complexity index is 781. The summed E-state index contributed by atoms with van der Waals surface area (Å²) in [6.45, 7) is 0. The summed E-state index contributed by atoms with van der Waals surface area (Å²) in [7, 11) is 0. The molecule has 0 saturated carbocycles. The smallest absolute Gasteiger partial charge is 0.215 e. The van der Waals surface area contributed by atoms with Crippen LogP contribution in [0.2, 0.25) is 0 Å². The lowest BCUT2D eigenvalue weighted by molar-refractivity contribution is 0.0979. The fourth-order valence-electron chi connectivity index (χ4n) is 2.20. The molecule has 1 aliphatic rings. The van der Waals surface area contributed by atoms with Gasteiger partial charge in [0.2, 0.25) is 11.6 Å². The molecule has 0 aliphatic heterocycles. The van der Waals surface area contributed by atoms with E-state index in [-0.39, 0.29) is 27.6 Å². The molecule has 0 bridgehead atoms. The molecule has 2 N–H and O–H groups in total. The zero-order valence-electron chi connectivity index (χ0n) is 10.8. The van der Waals surface area contributed by atoms with Crippen LogP contribution in [-0.2, 0) is 0 Å². The van der Waals surface area contributed by atoms with Gasteiger partial charge < -0.3 is 10.4 Å². The molecule has 0 unspecified atom stereocenters. The Labute approximate surface area is 125 Å². The third kappa shape index (κ3) is 2.19. The molecule has 21 heavy (non-hydrogen) atoms. The molecule has 0 aromatic heterocycles. The number of Topliss-reactive ketones (excluding diaryl/α,β-unsaturated/α-hetero) is 2. The minimum Gasteiger partial charge on any atom is -0.507 e. The Hall–Kier alpha value is -2.59. The van der Waals surface area contributed by atoms with Crippen LogP contribution >= 0.6 is 11.6 Å². The summed E-state index contributed by atoms with van der Waals surface area (Å²) in [6.07, 6.45) is 0. The number of carbonyl (C=O) groups excluding carboxylic acids is 2. The van der Waals surface area contributed by atoms with Crippen molar-refractivity contribution in [2.24, 2.45) is 0 Å². The second-order valence-electron chi connectivity index (χ2n) is 4.54. The number of benzene rings is 2. The zero-order valence-corrected chi connectivity index (χ0v) is 11.5. The molecule has 2 aromatic carbocycles. The van der Waals surface area contributed by atoms with Crippen LogP contribution < -0.4 is 5.32 Å². The molecule has 1 aliphatic carbocycles. The highest BCUT2D eigenvalue weighted by molar-refractivity contribution is 6.50. The minimum atomic E-state index is -0.503. The predicted molar refractivity (Wildman–Crippen MR) is 79.7 cm³/mol. The molecule has 0 radical (unpaired) electrons. The van der Waals surface area contributed by atoms with Gasteiger partial charge in [0.25, 0.3) is 0 Å². The molecular formula is C16H10ClNO3. The number of halogens is 1. The number of hydrogen-bond acceptors (Lipinski definition) is 4. The molecule has 5 heteroatoms. The van der Waals surface area contributed by atoms with Gasteiger partial charge in [-0.25, -0.2) is 0 Å². The van der Waals surface area contributed by atoms with Crippen LogP contribution in [-0.4, -0.2) is 16.7 Å². The summed E-state index contributed by atoms with van der Waals surface area (Å²) in [5.74, 6) is -1.22. The lowest BCUT2D eigenvalue weighted by Gasteiger charge is -2.19. The van der Waals surface area contributed by atoms with Gasteiger partial charge in [-0.05, 0) is 24.3 Å². The molecule has 3 rings (SSSR count). The molecule has 0 heterocycles. The Kier molecular flexibility index (Phi) is 3.23. The second-order valence-corrected chi connectivity index (χ2v) is 4.92. The number of fused-ring (bicyclic) bond motifs is 1. The van der Waals surface area contributed by atoms with E-state index in [4.69, 9.17) is 11.6 Å². The highest BCUT2D eigenvalue weighted by Gasteiger charge is 2.33. The normalized spacial score (nSPS) is 14.1. The van der Waals surface area contributed by atoms with Crippen LogP contribution in [0.1, 0.15) is 20.7 Å². The number of anilines is 1. The predicted octanol–water partition coefficient (Wildman–Crippen LogP) is 3.33. The largest absolute Gasteiger partial charge is 0.507 e. The number of phenolic OH excluding ortho intramolecular Hbond substituents is 1. The zero-order chi connectivity index (χ0) is 15.0. The van der Waals surface area contributed by atoms with Gasteiger partial charge >= 0.3 is 0 Å². The van der Waals surface area contributed by atoms with Crippen molar-refractivity contribution in [2.75, 3.05) is 5.32 Å². The molecule has 0 amide bonds. The highest BCUT2D eigenvalue weighted by Crippen LogP contribution is 2.33. The summed E-state index contributed by atoms with van der Waals surface area (Å²) < 4.78 is 0. The van der Waals surface area contributed by atoms with Crippen molar-refractivity contribution in [1.29, 1.82) is 0 Å². The first-order valence-electron chi connectivity index (χ1n) is 6.23. The molecule has 0 fully saturated rings. The molecule has 104 valence electrons. The first-order valence-corrected chi connectivity index (χ1v) is 6.60. The van der Waals surface area contributed by atoms with Crippen molar-refractivity contribution in [3.63, 3.8) is 0 Å². The number of para-hydroxylation sites is 1. The number of carbonyl (C=O) groups is 2. The molecular weight excluding hydrogens is 290 g/mol. The van der Waals surface area contributed by atoms with Gasteiger partial charge in [0.1, 0.15) is 16.5 Å². The summed E-state index contributed by atoms with van der Waals surface area (Å²) >= 11 is 6.02. The van der Waals surface area contributed by atoms with E-state index >= 15 is 0 Å². The first kappa shape index (κ1) is 13.4. The van der Waals surface area contributed by atoms with E-state index in [1.54, 1.807) is 24.3 Å². The fourth-order valence-corrected chi connectivity index (χ4v) is 2.44. The third-order valence-electron chi connectivity index (χ3n) is 3.20. The van der Waals surface area contributed by atoms with E-state index in [9.17, 15) is 14.7 Å². The van der Waals surface area contributed by atoms with E-state index in [0.717, 1.165) is 0 Å². The van der Waals surface area contributed by atoms with E-state index in [0.29, 0.717) is 5.69 Å². The van der Waals surface area contributed by atoms with Crippen LogP contribution in [0.15, 0.2) is 59.3 Å². The van der Waals surface area contributed by atoms with E-state index in [1.807, 2.05) is 6.07 Å². The van der Waals surface area contributed by atoms with Gasteiger partial charge in [-0.1, -0.05) is 35.9 Å². The van der Waals surface area contributed by atoms with Crippen molar-refractivity contribution < 1.29 is 14.7 Å². The molecule has 0 spiro atoms. The summed E-state index contributed by atoms with van der Waals surface area (Å²) in [5.41, 5.74) is 0.696. The maximum atomic E-state index is 12.5. The molecule has 4 nitrogen and oxygen atoms in total. The SMILES string of the molecule is O=C1C(Cl)=C(Nc2ccccc2)C(=O)c2c(O)cccc21. The van der Waals surface area contributed by atoms with Gasteiger partial charge in [-0.3, -0.25) is 9.59 Å². The summed E-state index contributed by atoms with van der Waals surface area (Å²) in [6, 6.07) is 13.2. The average Bonchev–Trinajstić information content (AvgIpc) is 2.50. The standard InChI is InChI=1S/C16H10ClNO3/c17-13-14(18-9-5-2-1-3-6-9)16(21)12-10(15(13)20)7-4-8-11(12)19/h1-8,18-19H. The summed E-state index contributed by atoms with van der Waals surface area (Å²) in [4.78, 5) is 24.7. The maximum Gasteiger partial charge on any atom is 0.215 e. The van der Waals surface area contributed by atoms with Crippen LogP contribution in [0.3, 0.4) is 0 Å².